The van der Waals surface area contributed by atoms with Gasteiger partial charge in [0, 0.05) is 12.6 Å². The van der Waals surface area contributed by atoms with Gasteiger partial charge in [-0.3, -0.25) is 0 Å². The highest BCUT2D eigenvalue weighted by atomic mass is 79.9. The van der Waals surface area contributed by atoms with Gasteiger partial charge in [-0.1, -0.05) is 0 Å². The lowest BCUT2D eigenvalue weighted by molar-refractivity contribution is 0.250. The van der Waals surface area contributed by atoms with Gasteiger partial charge in [0.1, 0.15) is 12.9 Å². The molecule has 0 saturated heterocycles. The van der Waals surface area contributed by atoms with Crippen LogP contribution in [0, 0.1) is 0 Å². The predicted octanol–water partition coefficient (Wildman–Crippen LogP) is 1.38. The molecule has 0 atom stereocenters. The summed E-state index contributed by atoms with van der Waals surface area (Å²) in [5.74, 6) is 0.498. The topological polar surface area (TPSA) is 48.4 Å². The zero-order chi connectivity index (χ0) is 7.40. The molecule has 10 heavy (non-hydrogen) atoms. The van der Waals surface area contributed by atoms with E-state index >= 15 is 0 Å². The summed E-state index contributed by atoms with van der Waals surface area (Å²) in [6.45, 7) is 0.984. The summed E-state index contributed by atoms with van der Waals surface area (Å²) in [7, 11) is 0. The van der Waals surface area contributed by atoms with E-state index in [1.54, 1.807) is 12.3 Å². The van der Waals surface area contributed by atoms with Crippen LogP contribution in [0.15, 0.2) is 21.2 Å². The Hall–Kier alpha value is -0.480. The van der Waals surface area contributed by atoms with Crippen LogP contribution >= 0.6 is 15.9 Å². The molecule has 0 radical (unpaired) electrons. The second-order valence-corrected chi connectivity index (χ2v) is 2.64. The minimum atomic E-state index is 0.486. The van der Waals surface area contributed by atoms with Crippen molar-refractivity contribution in [3.05, 3.63) is 16.8 Å². The summed E-state index contributed by atoms with van der Waals surface area (Å²) < 4.78 is 10.9. The Morgan fingerprint density at radius 3 is 3.00 bits per heavy atom. The van der Waals surface area contributed by atoms with Crippen molar-refractivity contribution in [3.63, 3.8) is 0 Å². The third-order valence-corrected chi connectivity index (χ3v) is 1.32. The molecule has 56 valence electrons. The Balaban J connectivity index is 2.42. The van der Waals surface area contributed by atoms with Crippen LogP contribution in [0.3, 0.4) is 0 Å². The highest BCUT2D eigenvalue weighted by Crippen LogP contribution is 2.19. The average molecular weight is 206 g/mol. The standard InChI is InChI=1S/C6H8BrNO2/c7-5-3-6(10-4-5)9-2-1-8/h3-4H,1-2,8H2. The molecular formula is C6H8BrNO2. The number of hydrogen-bond donors (Lipinski definition) is 1. The molecule has 0 saturated carbocycles. The van der Waals surface area contributed by atoms with Crippen LogP contribution in [0.4, 0.5) is 0 Å². The molecular weight excluding hydrogens is 198 g/mol. The fraction of sp³-hybridized carbons (Fsp3) is 0.333. The van der Waals surface area contributed by atoms with Crippen LogP contribution < -0.4 is 10.5 Å². The zero-order valence-electron chi connectivity index (χ0n) is 5.34. The van der Waals surface area contributed by atoms with Gasteiger partial charge in [0.15, 0.2) is 0 Å². The number of hydrogen-bond acceptors (Lipinski definition) is 3. The van der Waals surface area contributed by atoms with E-state index in [0.29, 0.717) is 19.1 Å². The second-order valence-electron chi connectivity index (χ2n) is 1.72. The van der Waals surface area contributed by atoms with Crippen molar-refractivity contribution in [2.75, 3.05) is 13.2 Å². The number of nitrogens with two attached hydrogens (primary N) is 1. The van der Waals surface area contributed by atoms with Crippen molar-refractivity contribution in [2.24, 2.45) is 5.73 Å². The first-order valence-corrected chi connectivity index (χ1v) is 3.69. The Bertz CT molecular complexity index is 199. The van der Waals surface area contributed by atoms with Crippen LogP contribution in [0.1, 0.15) is 0 Å². The molecule has 0 fully saturated rings. The molecule has 0 aliphatic carbocycles. The molecule has 0 aliphatic rings. The lowest BCUT2D eigenvalue weighted by atomic mass is 10.6. The number of rotatable bonds is 3. The summed E-state index contributed by atoms with van der Waals surface area (Å²) in [4.78, 5) is 0. The molecule has 2 N–H and O–H groups in total. The fourth-order valence-corrected chi connectivity index (χ4v) is 0.811. The smallest absolute Gasteiger partial charge is 0.285 e. The third kappa shape index (κ3) is 2.04. The van der Waals surface area contributed by atoms with E-state index in [4.69, 9.17) is 14.9 Å². The van der Waals surface area contributed by atoms with Crippen LogP contribution in [-0.2, 0) is 0 Å². The fourth-order valence-electron chi connectivity index (χ4n) is 0.530. The molecule has 0 spiro atoms. The van der Waals surface area contributed by atoms with Gasteiger partial charge in [-0.25, -0.2) is 0 Å². The zero-order valence-corrected chi connectivity index (χ0v) is 6.93. The minimum Gasteiger partial charge on any atom is -0.464 e. The second kappa shape index (κ2) is 3.63. The van der Waals surface area contributed by atoms with Gasteiger partial charge in [0.25, 0.3) is 5.95 Å². The van der Waals surface area contributed by atoms with Crippen molar-refractivity contribution in [1.82, 2.24) is 0 Å². The average Bonchev–Trinajstić information content (AvgIpc) is 2.31. The molecule has 1 rings (SSSR count). The summed E-state index contributed by atoms with van der Waals surface area (Å²) >= 11 is 3.22. The summed E-state index contributed by atoms with van der Waals surface area (Å²) in [5.41, 5.74) is 5.20. The molecule has 1 heterocycles. The minimum absolute atomic E-state index is 0.486. The first kappa shape index (κ1) is 7.63. The Kier molecular flexibility index (Phi) is 2.77. The van der Waals surface area contributed by atoms with E-state index in [1.165, 1.54) is 0 Å². The molecule has 0 aromatic carbocycles. The maximum absolute atomic E-state index is 5.20. The van der Waals surface area contributed by atoms with Crippen molar-refractivity contribution < 1.29 is 9.15 Å². The van der Waals surface area contributed by atoms with Crippen molar-refractivity contribution in [2.45, 2.75) is 0 Å². The quantitative estimate of drug-likeness (QED) is 0.812. The van der Waals surface area contributed by atoms with Gasteiger partial charge in [-0.05, 0) is 15.9 Å². The van der Waals surface area contributed by atoms with Gasteiger partial charge >= 0.3 is 0 Å². The van der Waals surface area contributed by atoms with Crippen molar-refractivity contribution >= 4 is 15.9 Å². The van der Waals surface area contributed by atoms with Gasteiger partial charge in [-0.15, -0.1) is 0 Å². The SMILES string of the molecule is NCCOc1cc(Br)co1. The monoisotopic (exact) mass is 205 g/mol. The Morgan fingerprint density at radius 1 is 1.70 bits per heavy atom. The van der Waals surface area contributed by atoms with E-state index in [1.807, 2.05) is 0 Å². The van der Waals surface area contributed by atoms with E-state index in [2.05, 4.69) is 15.9 Å². The van der Waals surface area contributed by atoms with E-state index in [9.17, 15) is 0 Å². The molecule has 0 aliphatic heterocycles. The van der Waals surface area contributed by atoms with Crippen LogP contribution in [-0.4, -0.2) is 13.2 Å². The molecule has 1 aromatic rings. The Morgan fingerprint density at radius 2 is 2.50 bits per heavy atom. The maximum Gasteiger partial charge on any atom is 0.285 e. The van der Waals surface area contributed by atoms with E-state index in [0.717, 1.165) is 4.47 Å². The first-order chi connectivity index (χ1) is 4.83. The normalized spacial score (nSPS) is 9.80. The number of furan rings is 1. The number of halogens is 1. The lowest BCUT2D eigenvalue weighted by Gasteiger charge is -1.96. The van der Waals surface area contributed by atoms with Crippen molar-refractivity contribution in [3.8, 4) is 5.95 Å². The third-order valence-electron chi connectivity index (χ3n) is 0.906. The maximum atomic E-state index is 5.20. The molecule has 4 heteroatoms. The highest BCUT2D eigenvalue weighted by molar-refractivity contribution is 9.10. The van der Waals surface area contributed by atoms with Gasteiger partial charge < -0.3 is 14.9 Å². The molecule has 0 amide bonds. The lowest BCUT2D eigenvalue weighted by Crippen LogP contribution is -2.09. The largest absolute Gasteiger partial charge is 0.464 e. The number of ether oxygens (including phenoxy) is 1. The van der Waals surface area contributed by atoms with Crippen LogP contribution in [0.25, 0.3) is 0 Å². The van der Waals surface area contributed by atoms with E-state index in [-0.39, 0.29) is 0 Å². The molecule has 1 aromatic heterocycles. The summed E-state index contributed by atoms with van der Waals surface area (Å²) in [6, 6.07) is 1.75. The van der Waals surface area contributed by atoms with Crippen LogP contribution in [0.5, 0.6) is 5.95 Å². The van der Waals surface area contributed by atoms with Gasteiger partial charge in [0.2, 0.25) is 0 Å². The highest BCUT2D eigenvalue weighted by Gasteiger charge is 1.97. The van der Waals surface area contributed by atoms with Gasteiger partial charge in [-0.2, -0.15) is 0 Å². The van der Waals surface area contributed by atoms with Crippen molar-refractivity contribution in [1.29, 1.82) is 0 Å². The summed E-state index contributed by atoms with van der Waals surface area (Å²) in [5, 5.41) is 0. The molecule has 3 nitrogen and oxygen atoms in total. The molecule has 0 bridgehead atoms. The summed E-state index contributed by atoms with van der Waals surface area (Å²) in [6.07, 6.45) is 1.56. The van der Waals surface area contributed by atoms with E-state index < -0.39 is 0 Å². The van der Waals surface area contributed by atoms with Gasteiger partial charge in [0.05, 0.1) is 4.47 Å². The predicted molar refractivity (Wildman–Crippen MR) is 41.0 cm³/mol. The van der Waals surface area contributed by atoms with Crippen LogP contribution in [0.2, 0.25) is 0 Å². The Labute approximate surface area is 67.3 Å². The molecule has 0 unspecified atom stereocenters. The first-order valence-electron chi connectivity index (χ1n) is 2.90.